The van der Waals surface area contributed by atoms with E-state index in [1.165, 1.54) is 13.8 Å². The lowest BCUT2D eigenvalue weighted by Crippen LogP contribution is -2.48. The Morgan fingerprint density at radius 3 is 2.48 bits per heavy atom. The molecule has 1 fully saturated rings. The van der Waals surface area contributed by atoms with Crippen LogP contribution in [0.1, 0.15) is 48.9 Å². The standard InChI is InChI=1S/C31H27ClN2O6/c1-4-37-25-14-20(13-23(32)28(25)38-17-19-10-6-5-9-18(19)15-33)26(22-16-34-24-12-8-7-11-21(22)24)27-29(35)39-31(2,3)40-30(27)36/h5-14,16,26-27,34H,4,17H2,1-3H3/t26-/m1/s1. The van der Waals surface area contributed by atoms with Gasteiger partial charge in [0, 0.05) is 42.4 Å². The zero-order valence-electron chi connectivity index (χ0n) is 22.2. The molecule has 1 atom stereocenters. The number of carbonyl (C=O) groups excluding carboxylic acids is 2. The molecule has 0 radical (unpaired) electrons. The van der Waals surface area contributed by atoms with Crippen LogP contribution in [-0.4, -0.2) is 29.3 Å². The van der Waals surface area contributed by atoms with E-state index in [1.54, 1.807) is 36.5 Å². The minimum atomic E-state index is -1.37. The van der Waals surface area contributed by atoms with Gasteiger partial charge in [-0.05, 0) is 42.3 Å². The summed E-state index contributed by atoms with van der Waals surface area (Å²) in [4.78, 5) is 29.8. The van der Waals surface area contributed by atoms with Crippen molar-refractivity contribution in [1.29, 1.82) is 5.26 Å². The summed E-state index contributed by atoms with van der Waals surface area (Å²) in [5, 5.41) is 10.5. The van der Waals surface area contributed by atoms with Gasteiger partial charge >= 0.3 is 11.9 Å². The highest BCUT2D eigenvalue weighted by Gasteiger charge is 2.49. The van der Waals surface area contributed by atoms with E-state index in [9.17, 15) is 14.9 Å². The van der Waals surface area contributed by atoms with Crippen molar-refractivity contribution < 1.29 is 28.5 Å². The average molecular weight is 559 g/mol. The van der Waals surface area contributed by atoms with E-state index in [-0.39, 0.29) is 17.4 Å². The highest BCUT2D eigenvalue weighted by atomic mass is 35.5. The lowest BCUT2D eigenvalue weighted by molar-refractivity contribution is -0.240. The number of aromatic amines is 1. The van der Waals surface area contributed by atoms with E-state index in [0.29, 0.717) is 34.6 Å². The number of cyclic esters (lactones) is 2. The number of esters is 2. The first-order valence-corrected chi connectivity index (χ1v) is 13.2. The fourth-order valence-electron chi connectivity index (χ4n) is 4.98. The first kappa shape index (κ1) is 27.1. The normalized spacial score (nSPS) is 15.7. The Bertz CT molecular complexity index is 1620. The fraction of sp³-hybridized carbons (Fsp3) is 0.258. The summed E-state index contributed by atoms with van der Waals surface area (Å²) in [7, 11) is 0. The Balaban J connectivity index is 1.61. The molecule has 5 rings (SSSR count). The van der Waals surface area contributed by atoms with Crippen LogP contribution in [0.2, 0.25) is 5.02 Å². The van der Waals surface area contributed by atoms with Gasteiger partial charge in [0.25, 0.3) is 5.79 Å². The SMILES string of the molecule is CCOc1cc([C@H](c2c[nH]c3ccccc23)C2C(=O)OC(C)(C)OC2=O)cc(Cl)c1OCc1ccccc1C#N. The minimum Gasteiger partial charge on any atom is -0.490 e. The molecule has 9 heteroatoms. The summed E-state index contributed by atoms with van der Waals surface area (Å²) in [6.07, 6.45) is 1.77. The Hall–Kier alpha value is -4.48. The van der Waals surface area contributed by atoms with E-state index < -0.39 is 29.6 Å². The minimum absolute atomic E-state index is 0.0884. The number of para-hydroxylation sites is 1. The maximum atomic E-state index is 13.3. The predicted molar refractivity (Wildman–Crippen MR) is 148 cm³/mol. The van der Waals surface area contributed by atoms with Gasteiger partial charge in [-0.2, -0.15) is 5.26 Å². The number of ether oxygens (including phenoxy) is 4. The summed E-state index contributed by atoms with van der Waals surface area (Å²) in [5.41, 5.74) is 3.27. The predicted octanol–water partition coefficient (Wildman–Crippen LogP) is 6.25. The Morgan fingerprint density at radius 1 is 1.05 bits per heavy atom. The second-order valence-electron chi connectivity index (χ2n) is 9.81. The van der Waals surface area contributed by atoms with Gasteiger partial charge in [-0.15, -0.1) is 0 Å². The highest BCUT2D eigenvalue weighted by Crippen LogP contribution is 2.45. The van der Waals surface area contributed by atoms with Crippen LogP contribution in [-0.2, 0) is 25.7 Å². The van der Waals surface area contributed by atoms with Crippen molar-refractivity contribution in [2.24, 2.45) is 5.92 Å². The number of rotatable bonds is 8. The van der Waals surface area contributed by atoms with Crippen LogP contribution in [0.5, 0.6) is 11.5 Å². The lowest BCUT2D eigenvalue weighted by atomic mass is 9.79. The number of nitriles is 1. The van der Waals surface area contributed by atoms with E-state index in [0.717, 1.165) is 10.9 Å². The molecule has 204 valence electrons. The number of aromatic nitrogens is 1. The van der Waals surface area contributed by atoms with Gasteiger partial charge in [-0.25, -0.2) is 0 Å². The van der Waals surface area contributed by atoms with Crippen LogP contribution in [0.4, 0.5) is 0 Å². The third kappa shape index (κ3) is 5.21. The smallest absolute Gasteiger partial charge is 0.324 e. The molecule has 8 nitrogen and oxygen atoms in total. The number of nitrogens with one attached hydrogen (secondary N) is 1. The van der Waals surface area contributed by atoms with Gasteiger partial charge in [0.1, 0.15) is 6.61 Å². The second-order valence-corrected chi connectivity index (χ2v) is 10.2. The summed E-state index contributed by atoms with van der Waals surface area (Å²) >= 11 is 6.78. The molecule has 0 spiro atoms. The van der Waals surface area contributed by atoms with Crippen LogP contribution in [0.15, 0.2) is 66.9 Å². The molecule has 1 saturated heterocycles. The van der Waals surface area contributed by atoms with Crippen LogP contribution >= 0.6 is 11.6 Å². The number of hydrogen-bond donors (Lipinski definition) is 1. The quantitative estimate of drug-likeness (QED) is 0.201. The van der Waals surface area contributed by atoms with Gasteiger partial charge in [0.05, 0.1) is 23.3 Å². The Kier molecular flexibility index (Phi) is 7.42. The molecule has 0 aliphatic carbocycles. The van der Waals surface area contributed by atoms with Crippen LogP contribution in [0, 0.1) is 17.2 Å². The zero-order valence-corrected chi connectivity index (χ0v) is 23.0. The molecule has 0 saturated carbocycles. The highest BCUT2D eigenvalue weighted by molar-refractivity contribution is 6.32. The van der Waals surface area contributed by atoms with Crippen LogP contribution in [0.25, 0.3) is 10.9 Å². The summed E-state index contributed by atoms with van der Waals surface area (Å²) < 4.78 is 23.0. The van der Waals surface area contributed by atoms with Crippen molar-refractivity contribution in [2.45, 2.75) is 39.1 Å². The molecule has 1 aliphatic rings. The molecule has 3 aromatic carbocycles. The van der Waals surface area contributed by atoms with E-state index >= 15 is 0 Å². The van der Waals surface area contributed by atoms with Gasteiger partial charge in [0.15, 0.2) is 17.4 Å². The number of H-pyrrole nitrogens is 1. The molecule has 1 N–H and O–H groups in total. The number of carbonyl (C=O) groups is 2. The molecular weight excluding hydrogens is 532 g/mol. The summed E-state index contributed by atoms with van der Waals surface area (Å²) in [6.45, 7) is 5.25. The van der Waals surface area contributed by atoms with Crippen molar-refractivity contribution in [3.8, 4) is 17.6 Å². The molecule has 0 unspecified atom stereocenters. The topological polar surface area (TPSA) is 111 Å². The second kappa shape index (κ2) is 10.9. The average Bonchev–Trinajstić information content (AvgIpc) is 3.33. The molecule has 0 bridgehead atoms. The largest absolute Gasteiger partial charge is 0.490 e. The molecule has 1 aromatic heterocycles. The third-order valence-corrected chi connectivity index (χ3v) is 6.97. The van der Waals surface area contributed by atoms with Crippen molar-refractivity contribution in [3.05, 3.63) is 94.1 Å². The van der Waals surface area contributed by atoms with Crippen molar-refractivity contribution >= 4 is 34.4 Å². The third-order valence-electron chi connectivity index (χ3n) is 6.69. The number of fused-ring (bicyclic) bond motifs is 1. The lowest BCUT2D eigenvalue weighted by Gasteiger charge is -2.36. The monoisotopic (exact) mass is 558 g/mol. The molecule has 40 heavy (non-hydrogen) atoms. The van der Waals surface area contributed by atoms with Gasteiger partial charge < -0.3 is 23.9 Å². The number of nitrogens with zero attached hydrogens (tertiary/aromatic N) is 1. The van der Waals surface area contributed by atoms with E-state index in [2.05, 4.69) is 11.1 Å². The van der Waals surface area contributed by atoms with Crippen LogP contribution < -0.4 is 9.47 Å². The van der Waals surface area contributed by atoms with Gasteiger partial charge in [-0.3, -0.25) is 9.59 Å². The summed E-state index contributed by atoms with van der Waals surface area (Å²) in [6, 6.07) is 20.2. The molecule has 4 aromatic rings. The van der Waals surface area contributed by atoms with Gasteiger partial charge in [-0.1, -0.05) is 48.0 Å². The molecule has 0 amide bonds. The molecular formula is C31H27ClN2O6. The summed E-state index contributed by atoms with van der Waals surface area (Å²) in [5.74, 6) is -4.24. The van der Waals surface area contributed by atoms with Crippen LogP contribution in [0.3, 0.4) is 0 Å². The number of hydrogen-bond acceptors (Lipinski definition) is 7. The molecule has 2 heterocycles. The van der Waals surface area contributed by atoms with Gasteiger partial charge in [0.2, 0.25) is 0 Å². The zero-order chi connectivity index (χ0) is 28.4. The first-order valence-electron chi connectivity index (χ1n) is 12.8. The van der Waals surface area contributed by atoms with E-state index in [1.807, 2.05) is 37.3 Å². The number of benzene rings is 3. The number of halogens is 1. The Labute approximate surface area is 236 Å². The first-order chi connectivity index (χ1) is 19.2. The van der Waals surface area contributed by atoms with Crippen molar-refractivity contribution in [3.63, 3.8) is 0 Å². The van der Waals surface area contributed by atoms with Crippen molar-refractivity contribution in [1.82, 2.24) is 4.98 Å². The fourth-order valence-corrected chi connectivity index (χ4v) is 5.25. The maximum absolute atomic E-state index is 13.3. The molecule has 1 aliphatic heterocycles. The maximum Gasteiger partial charge on any atom is 0.324 e. The van der Waals surface area contributed by atoms with Crippen molar-refractivity contribution in [2.75, 3.05) is 6.61 Å². The Morgan fingerprint density at radius 2 is 1.75 bits per heavy atom. The van der Waals surface area contributed by atoms with E-state index in [4.69, 9.17) is 30.5 Å².